The maximum Gasteiger partial charge on any atom is 0.407 e. The smallest absolute Gasteiger partial charge is 0.407 e. The van der Waals surface area contributed by atoms with Crippen LogP contribution in [0.5, 0.6) is 0 Å². The predicted molar refractivity (Wildman–Crippen MR) is 129 cm³/mol. The normalized spacial score (nSPS) is 13.5. The molecule has 0 saturated heterocycles. The summed E-state index contributed by atoms with van der Waals surface area (Å²) in [5.41, 5.74) is 4.45. The molecule has 2 aromatic rings. The van der Waals surface area contributed by atoms with Crippen LogP contribution in [0.4, 0.5) is 4.79 Å². The van der Waals surface area contributed by atoms with Crippen molar-refractivity contribution in [3.8, 4) is 23.0 Å². The molecule has 2 aromatic carbocycles. The second-order valence-electron chi connectivity index (χ2n) is 8.22. The van der Waals surface area contributed by atoms with E-state index < -0.39 is 29.9 Å². The van der Waals surface area contributed by atoms with Gasteiger partial charge in [-0.1, -0.05) is 61.9 Å². The molecule has 34 heavy (non-hydrogen) atoms. The molecule has 0 aromatic heterocycles. The largest absolute Gasteiger partial charge is 0.481 e. The molecule has 0 bridgehead atoms. The van der Waals surface area contributed by atoms with Gasteiger partial charge in [-0.25, -0.2) is 4.79 Å². The Hall–Kier alpha value is -3.79. The number of carboxylic acids is 1. The number of nitrogens with one attached hydrogen (secondary N) is 2. The number of carbonyl (C=O) groups excluding carboxylic acids is 2. The highest BCUT2D eigenvalue weighted by Gasteiger charge is 2.30. The third kappa shape index (κ3) is 5.96. The molecule has 2 amide bonds. The average molecular weight is 463 g/mol. The third-order valence-electron chi connectivity index (χ3n) is 5.94. The Labute approximate surface area is 199 Å². The minimum Gasteiger partial charge on any atom is -0.481 e. The maximum atomic E-state index is 12.7. The summed E-state index contributed by atoms with van der Waals surface area (Å²) in [7, 11) is 0. The van der Waals surface area contributed by atoms with Gasteiger partial charge in [-0.3, -0.25) is 9.59 Å². The lowest BCUT2D eigenvalue weighted by Crippen LogP contribution is -2.48. The SMILES string of the molecule is CC#CCC(NC(=O)OCC1c2ccccc2-c2ccccc21)C(=O)NCC(CCC)C(=O)O. The number of fused-ring (bicyclic) bond motifs is 3. The first-order valence-electron chi connectivity index (χ1n) is 11.5. The van der Waals surface area contributed by atoms with Crippen molar-refractivity contribution in [2.45, 2.75) is 45.1 Å². The number of carbonyl (C=O) groups is 3. The molecular weight excluding hydrogens is 432 g/mol. The lowest BCUT2D eigenvalue weighted by atomic mass is 9.98. The van der Waals surface area contributed by atoms with Crippen LogP contribution in [0.2, 0.25) is 0 Å². The van der Waals surface area contributed by atoms with E-state index in [2.05, 4.69) is 34.6 Å². The van der Waals surface area contributed by atoms with Crippen LogP contribution >= 0.6 is 0 Å². The van der Waals surface area contributed by atoms with Crippen LogP contribution in [-0.4, -0.2) is 42.3 Å². The fraction of sp³-hybridized carbons (Fsp3) is 0.370. The summed E-state index contributed by atoms with van der Waals surface area (Å²) in [6.07, 6.45) is 0.519. The van der Waals surface area contributed by atoms with Crippen LogP contribution in [-0.2, 0) is 14.3 Å². The minimum atomic E-state index is -0.962. The maximum absolute atomic E-state index is 12.7. The van der Waals surface area contributed by atoms with Crippen LogP contribution in [0.25, 0.3) is 11.1 Å². The van der Waals surface area contributed by atoms with E-state index in [9.17, 15) is 19.5 Å². The first-order chi connectivity index (χ1) is 16.5. The molecule has 178 valence electrons. The van der Waals surface area contributed by atoms with Crippen LogP contribution in [0.1, 0.15) is 50.2 Å². The van der Waals surface area contributed by atoms with Crippen molar-refractivity contribution in [1.29, 1.82) is 0 Å². The predicted octanol–water partition coefficient (Wildman–Crippen LogP) is 3.92. The summed E-state index contributed by atoms with van der Waals surface area (Å²) >= 11 is 0. The molecular formula is C27H30N2O5. The number of hydrogen-bond acceptors (Lipinski definition) is 4. The van der Waals surface area contributed by atoms with Gasteiger partial charge >= 0.3 is 12.1 Å². The second-order valence-corrected chi connectivity index (χ2v) is 8.22. The van der Waals surface area contributed by atoms with Gasteiger partial charge in [0.05, 0.1) is 5.92 Å². The Balaban J connectivity index is 1.62. The zero-order valence-corrected chi connectivity index (χ0v) is 19.5. The highest BCUT2D eigenvalue weighted by atomic mass is 16.5. The van der Waals surface area contributed by atoms with Gasteiger partial charge in [0.1, 0.15) is 12.6 Å². The Morgan fingerprint density at radius 3 is 2.24 bits per heavy atom. The molecule has 7 nitrogen and oxygen atoms in total. The third-order valence-corrected chi connectivity index (χ3v) is 5.94. The molecule has 3 N–H and O–H groups in total. The van der Waals surface area contributed by atoms with Crippen LogP contribution < -0.4 is 10.6 Å². The highest BCUT2D eigenvalue weighted by molar-refractivity contribution is 5.86. The molecule has 0 spiro atoms. The lowest BCUT2D eigenvalue weighted by Gasteiger charge is -2.19. The van der Waals surface area contributed by atoms with Crippen molar-refractivity contribution >= 4 is 18.0 Å². The number of aliphatic carboxylic acids is 1. The van der Waals surface area contributed by atoms with Gasteiger partial charge in [0.25, 0.3) is 0 Å². The van der Waals surface area contributed by atoms with Crippen molar-refractivity contribution in [2.75, 3.05) is 13.2 Å². The number of rotatable bonds is 10. The quantitative estimate of drug-likeness (QED) is 0.464. The molecule has 3 rings (SSSR count). The van der Waals surface area contributed by atoms with Gasteiger partial charge in [0.2, 0.25) is 5.91 Å². The molecule has 7 heteroatoms. The summed E-state index contributed by atoms with van der Waals surface area (Å²) in [6.45, 7) is 3.65. The van der Waals surface area contributed by atoms with Crippen LogP contribution in [0, 0.1) is 17.8 Å². The molecule has 2 atom stereocenters. The highest BCUT2D eigenvalue weighted by Crippen LogP contribution is 2.44. The molecule has 1 aliphatic carbocycles. The van der Waals surface area contributed by atoms with Crippen molar-refractivity contribution in [1.82, 2.24) is 10.6 Å². The standard InChI is InChI=1S/C27H30N2O5/c1-3-5-15-24(25(30)28-16-18(10-4-2)26(31)32)29-27(33)34-17-23-21-13-8-6-11-19(21)20-12-7-9-14-22(20)23/h6-9,11-14,18,23-24H,4,10,15-17H2,1-2H3,(H,28,30)(H,29,33)(H,31,32). The van der Waals surface area contributed by atoms with E-state index in [0.717, 1.165) is 22.3 Å². The Kier molecular flexibility index (Phi) is 8.69. The first-order valence-corrected chi connectivity index (χ1v) is 11.5. The molecule has 1 aliphatic rings. The monoisotopic (exact) mass is 462 g/mol. The van der Waals surface area contributed by atoms with E-state index in [0.29, 0.717) is 12.8 Å². The van der Waals surface area contributed by atoms with E-state index in [1.807, 2.05) is 43.3 Å². The number of ether oxygens (including phenoxy) is 1. The summed E-state index contributed by atoms with van der Waals surface area (Å²) in [6, 6.07) is 15.1. The lowest BCUT2D eigenvalue weighted by molar-refractivity contribution is -0.142. The number of hydrogen-bond donors (Lipinski definition) is 3. The van der Waals surface area contributed by atoms with E-state index in [4.69, 9.17) is 4.74 Å². The van der Waals surface area contributed by atoms with Gasteiger partial charge in [-0.05, 0) is 35.6 Å². The summed E-state index contributed by atoms with van der Waals surface area (Å²) in [5.74, 6) is 3.29. The second kappa shape index (κ2) is 11.9. The average Bonchev–Trinajstić information content (AvgIpc) is 3.16. The molecule has 2 unspecified atom stereocenters. The number of carboxylic acid groups (broad SMARTS) is 1. The summed E-state index contributed by atoms with van der Waals surface area (Å²) < 4.78 is 5.53. The van der Waals surface area contributed by atoms with Crippen molar-refractivity contribution < 1.29 is 24.2 Å². The van der Waals surface area contributed by atoms with E-state index in [-0.39, 0.29) is 25.5 Å². The van der Waals surface area contributed by atoms with Crippen molar-refractivity contribution in [3.05, 3.63) is 59.7 Å². The summed E-state index contributed by atoms with van der Waals surface area (Å²) in [4.78, 5) is 36.6. The van der Waals surface area contributed by atoms with Gasteiger partial charge in [0, 0.05) is 18.9 Å². The van der Waals surface area contributed by atoms with Crippen LogP contribution in [0.3, 0.4) is 0 Å². The first kappa shape index (κ1) is 24.8. The van der Waals surface area contributed by atoms with Crippen LogP contribution in [0.15, 0.2) is 48.5 Å². The van der Waals surface area contributed by atoms with Gasteiger partial charge in [-0.15, -0.1) is 11.8 Å². The molecule has 0 heterocycles. The topological polar surface area (TPSA) is 105 Å². The number of benzene rings is 2. The fourth-order valence-electron chi connectivity index (χ4n) is 4.20. The fourth-order valence-corrected chi connectivity index (χ4v) is 4.20. The molecule has 0 saturated carbocycles. The Morgan fingerprint density at radius 2 is 1.68 bits per heavy atom. The van der Waals surface area contributed by atoms with Gasteiger partial charge in [-0.2, -0.15) is 0 Å². The minimum absolute atomic E-state index is 0.00949. The zero-order valence-electron chi connectivity index (χ0n) is 19.5. The Bertz CT molecular complexity index is 1060. The molecule has 0 radical (unpaired) electrons. The van der Waals surface area contributed by atoms with Crippen molar-refractivity contribution in [3.63, 3.8) is 0 Å². The summed E-state index contributed by atoms with van der Waals surface area (Å²) in [5, 5.41) is 14.5. The Morgan fingerprint density at radius 1 is 1.06 bits per heavy atom. The number of amides is 2. The van der Waals surface area contributed by atoms with Gasteiger partial charge < -0.3 is 20.5 Å². The molecule has 0 aliphatic heterocycles. The van der Waals surface area contributed by atoms with Crippen molar-refractivity contribution in [2.24, 2.45) is 5.92 Å². The van der Waals surface area contributed by atoms with Gasteiger partial charge in [0.15, 0.2) is 0 Å². The number of alkyl carbamates (subject to hydrolysis) is 1. The zero-order chi connectivity index (χ0) is 24.5. The molecule has 0 fully saturated rings. The van der Waals surface area contributed by atoms with E-state index >= 15 is 0 Å². The van der Waals surface area contributed by atoms with E-state index in [1.165, 1.54) is 0 Å². The van der Waals surface area contributed by atoms with E-state index in [1.54, 1.807) is 6.92 Å².